The summed E-state index contributed by atoms with van der Waals surface area (Å²) in [4.78, 5) is 14.2. The van der Waals surface area contributed by atoms with E-state index in [2.05, 4.69) is 24.2 Å². The topological polar surface area (TPSA) is 52.6 Å². The Balaban J connectivity index is 2.16. The highest BCUT2D eigenvalue weighted by molar-refractivity contribution is 5.95. The number of benzene rings is 1. The van der Waals surface area contributed by atoms with Crippen LogP contribution in [0.3, 0.4) is 0 Å². The SMILES string of the molecule is CC(O)CNC(=O)c1ccc2c(c1)CC(C)CN2C. The van der Waals surface area contributed by atoms with Gasteiger partial charge in [0.25, 0.3) is 5.91 Å². The van der Waals surface area contributed by atoms with Crippen molar-refractivity contribution >= 4 is 11.6 Å². The molecule has 0 aromatic heterocycles. The van der Waals surface area contributed by atoms with Gasteiger partial charge < -0.3 is 15.3 Å². The lowest BCUT2D eigenvalue weighted by Gasteiger charge is -2.32. The number of carbonyl (C=O) groups is 1. The third-order valence-corrected chi connectivity index (χ3v) is 3.46. The van der Waals surface area contributed by atoms with Gasteiger partial charge in [0.2, 0.25) is 0 Å². The van der Waals surface area contributed by atoms with Gasteiger partial charge in [0, 0.05) is 31.4 Å². The molecular formula is C15H22N2O2. The van der Waals surface area contributed by atoms with E-state index < -0.39 is 6.10 Å². The van der Waals surface area contributed by atoms with E-state index in [1.54, 1.807) is 6.92 Å². The second-order valence-corrected chi connectivity index (χ2v) is 5.59. The van der Waals surface area contributed by atoms with Gasteiger partial charge in [-0.1, -0.05) is 6.92 Å². The molecule has 0 bridgehead atoms. The first kappa shape index (κ1) is 13.9. The summed E-state index contributed by atoms with van der Waals surface area (Å²) in [5.74, 6) is 0.484. The zero-order chi connectivity index (χ0) is 14.0. The minimum Gasteiger partial charge on any atom is -0.392 e. The first-order valence-electron chi connectivity index (χ1n) is 6.77. The van der Waals surface area contributed by atoms with Crippen LogP contribution < -0.4 is 10.2 Å². The monoisotopic (exact) mass is 262 g/mol. The predicted octanol–water partition coefficient (Wildman–Crippen LogP) is 1.43. The lowest BCUT2D eigenvalue weighted by atomic mass is 9.93. The average molecular weight is 262 g/mol. The molecule has 1 aromatic rings. The maximum Gasteiger partial charge on any atom is 0.251 e. The molecule has 0 spiro atoms. The summed E-state index contributed by atoms with van der Waals surface area (Å²) in [6.07, 6.45) is 0.490. The van der Waals surface area contributed by atoms with Crippen molar-refractivity contribution in [2.24, 2.45) is 5.92 Å². The zero-order valence-electron chi connectivity index (χ0n) is 11.8. The number of anilines is 1. The molecule has 0 radical (unpaired) electrons. The number of aliphatic hydroxyl groups excluding tert-OH is 1. The van der Waals surface area contributed by atoms with Crippen LogP contribution in [0.25, 0.3) is 0 Å². The third kappa shape index (κ3) is 3.26. The summed E-state index contributed by atoms with van der Waals surface area (Å²) in [6, 6.07) is 5.83. The second-order valence-electron chi connectivity index (χ2n) is 5.59. The Morgan fingerprint density at radius 1 is 1.58 bits per heavy atom. The van der Waals surface area contributed by atoms with Gasteiger partial charge in [0.15, 0.2) is 0 Å². The fourth-order valence-corrected chi connectivity index (χ4v) is 2.61. The molecule has 2 N–H and O–H groups in total. The maximum atomic E-state index is 12.0. The van der Waals surface area contributed by atoms with E-state index in [-0.39, 0.29) is 12.5 Å². The average Bonchev–Trinajstić information content (AvgIpc) is 2.34. The van der Waals surface area contributed by atoms with Crippen molar-refractivity contribution in [1.29, 1.82) is 0 Å². The minimum atomic E-state index is -0.521. The van der Waals surface area contributed by atoms with Gasteiger partial charge in [-0.25, -0.2) is 0 Å². The van der Waals surface area contributed by atoms with Crippen molar-refractivity contribution < 1.29 is 9.90 Å². The Hall–Kier alpha value is -1.55. The molecule has 104 valence electrons. The number of aliphatic hydroxyl groups is 1. The highest BCUT2D eigenvalue weighted by Gasteiger charge is 2.20. The van der Waals surface area contributed by atoms with Crippen LogP contribution in [0.2, 0.25) is 0 Å². The molecule has 1 aliphatic heterocycles. The van der Waals surface area contributed by atoms with Crippen LogP contribution in [0.4, 0.5) is 5.69 Å². The smallest absolute Gasteiger partial charge is 0.251 e. The molecule has 0 aliphatic carbocycles. The molecular weight excluding hydrogens is 240 g/mol. The van der Waals surface area contributed by atoms with Crippen LogP contribution in [0, 0.1) is 5.92 Å². The third-order valence-electron chi connectivity index (χ3n) is 3.46. The Kier molecular flexibility index (Phi) is 4.10. The second kappa shape index (κ2) is 5.61. The molecule has 2 rings (SSSR count). The fourth-order valence-electron chi connectivity index (χ4n) is 2.61. The van der Waals surface area contributed by atoms with Crippen LogP contribution in [-0.2, 0) is 6.42 Å². The zero-order valence-corrected chi connectivity index (χ0v) is 11.8. The van der Waals surface area contributed by atoms with E-state index in [1.165, 1.54) is 11.3 Å². The quantitative estimate of drug-likeness (QED) is 0.866. The van der Waals surface area contributed by atoms with E-state index in [4.69, 9.17) is 0 Å². The Morgan fingerprint density at radius 2 is 2.32 bits per heavy atom. The van der Waals surface area contributed by atoms with Gasteiger partial charge in [0.05, 0.1) is 6.10 Å². The molecule has 4 heteroatoms. The van der Waals surface area contributed by atoms with Gasteiger partial charge in [-0.05, 0) is 43.0 Å². The van der Waals surface area contributed by atoms with Gasteiger partial charge in [-0.15, -0.1) is 0 Å². The standard InChI is InChI=1S/C15H22N2O2/c1-10-6-13-7-12(15(19)16-8-11(2)18)4-5-14(13)17(3)9-10/h4-5,7,10-11,18H,6,8-9H2,1-3H3,(H,16,19). The molecule has 1 amide bonds. The van der Waals surface area contributed by atoms with Crippen LogP contribution in [-0.4, -0.2) is 37.3 Å². The number of nitrogens with zero attached hydrogens (tertiary/aromatic N) is 1. The van der Waals surface area contributed by atoms with E-state index in [0.717, 1.165) is 13.0 Å². The summed E-state index contributed by atoms with van der Waals surface area (Å²) in [5.41, 5.74) is 3.11. The fraction of sp³-hybridized carbons (Fsp3) is 0.533. The van der Waals surface area contributed by atoms with Crippen molar-refractivity contribution in [3.05, 3.63) is 29.3 Å². The summed E-state index contributed by atoms with van der Waals surface area (Å²) in [6.45, 7) is 5.22. The highest BCUT2D eigenvalue weighted by atomic mass is 16.3. The first-order chi connectivity index (χ1) is 8.97. The lowest BCUT2D eigenvalue weighted by Crippen LogP contribution is -2.32. The summed E-state index contributed by atoms with van der Waals surface area (Å²) < 4.78 is 0. The largest absolute Gasteiger partial charge is 0.392 e. The minimum absolute atomic E-state index is 0.121. The number of hydrogen-bond acceptors (Lipinski definition) is 3. The molecule has 2 atom stereocenters. The number of fused-ring (bicyclic) bond motifs is 1. The molecule has 0 fully saturated rings. The number of nitrogens with one attached hydrogen (secondary N) is 1. The number of amides is 1. The van der Waals surface area contributed by atoms with Gasteiger partial charge in [0.1, 0.15) is 0 Å². The first-order valence-corrected chi connectivity index (χ1v) is 6.77. The summed E-state index contributed by atoms with van der Waals surface area (Å²) >= 11 is 0. The molecule has 2 unspecified atom stereocenters. The Bertz CT molecular complexity index is 471. The van der Waals surface area contributed by atoms with Gasteiger partial charge in [-0.3, -0.25) is 4.79 Å². The van der Waals surface area contributed by atoms with Crippen molar-refractivity contribution in [2.45, 2.75) is 26.4 Å². The van der Waals surface area contributed by atoms with Crippen molar-refractivity contribution in [3.8, 4) is 0 Å². The van der Waals surface area contributed by atoms with E-state index in [1.807, 2.05) is 18.2 Å². The van der Waals surface area contributed by atoms with E-state index in [9.17, 15) is 9.90 Å². The summed E-state index contributed by atoms with van der Waals surface area (Å²) in [5, 5.41) is 11.9. The summed E-state index contributed by atoms with van der Waals surface area (Å²) in [7, 11) is 2.08. The molecule has 1 aromatic carbocycles. The molecule has 0 saturated carbocycles. The van der Waals surface area contributed by atoms with Crippen LogP contribution in [0.1, 0.15) is 29.8 Å². The van der Waals surface area contributed by atoms with Crippen molar-refractivity contribution in [3.63, 3.8) is 0 Å². The van der Waals surface area contributed by atoms with Crippen molar-refractivity contribution in [2.75, 3.05) is 25.0 Å². The number of rotatable bonds is 3. The lowest BCUT2D eigenvalue weighted by molar-refractivity contribution is 0.0924. The van der Waals surface area contributed by atoms with Crippen LogP contribution in [0.15, 0.2) is 18.2 Å². The van der Waals surface area contributed by atoms with Gasteiger partial charge >= 0.3 is 0 Å². The van der Waals surface area contributed by atoms with Crippen LogP contribution in [0.5, 0.6) is 0 Å². The number of hydrogen-bond donors (Lipinski definition) is 2. The van der Waals surface area contributed by atoms with E-state index >= 15 is 0 Å². The molecule has 0 saturated heterocycles. The van der Waals surface area contributed by atoms with Crippen molar-refractivity contribution in [1.82, 2.24) is 5.32 Å². The predicted molar refractivity (Wildman–Crippen MR) is 76.6 cm³/mol. The van der Waals surface area contributed by atoms with E-state index in [0.29, 0.717) is 11.5 Å². The molecule has 19 heavy (non-hydrogen) atoms. The highest BCUT2D eigenvalue weighted by Crippen LogP contribution is 2.29. The number of carbonyl (C=O) groups excluding carboxylic acids is 1. The Labute approximate surface area is 114 Å². The van der Waals surface area contributed by atoms with Gasteiger partial charge in [-0.2, -0.15) is 0 Å². The van der Waals surface area contributed by atoms with Crippen LogP contribution >= 0.6 is 0 Å². The molecule has 1 heterocycles. The normalized spacial score (nSPS) is 19.8. The molecule has 4 nitrogen and oxygen atoms in total. The Morgan fingerprint density at radius 3 is 3.00 bits per heavy atom. The maximum absolute atomic E-state index is 12.0. The molecule has 1 aliphatic rings.